The van der Waals surface area contributed by atoms with Crippen LogP contribution >= 0.6 is 0 Å². The lowest BCUT2D eigenvalue weighted by atomic mass is 9.84. The van der Waals surface area contributed by atoms with Gasteiger partial charge >= 0.3 is 6.18 Å². The van der Waals surface area contributed by atoms with Crippen LogP contribution in [0.15, 0.2) is 12.3 Å². The predicted octanol–water partition coefficient (Wildman–Crippen LogP) is 1.88. The molecule has 0 aromatic carbocycles. The first-order valence-electron chi connectivity index (χ1n) is 6.85. The van der Waals surface area contributed by atoms with Gasteiger partial charge < -0.3 is 15.2 Å². The van der Waals surface area contributed by atoms with Gasteiger partial charge in [0, 0.05) is 44.1 Å². The van der Waals surface area contributed by atoms with E-state index in [0.717, 1.165) is 5.57 Å². The van der Waals surface area contributed by atoms with Crippen LogP contribution in [0, 0.1) is 0 Å². The Balaban J connectivity index is 2.22. The Bertz CT molecular complexity index is 616. The van der Waals surface area contributed by atoms with E-state index in [4.69, 9.17) is 0 Å². The number of hydrogen-bond acceptors (Lipinski definition) is 2. The van der Waals surface area contributed by atoms with Gasteiger partial charge in [0.25, 0.3) is 5.91 Å². The molecule has 0 saturated carbocycles. The molecule has 1 atom stereocenters. The molecule has 3 rings (SSSR count). The van der Waals surface area contributed by atoms with Gasteiger partial charge in [-0.15, -0.1) is 0 Å². The Labute approximate surface area is 120 Å². The van der Waals surface area contributed by atoms with Gasteiger partial charge in [0.15, 0.2) is 0 Å². The van der Waals surface area contributed by atoms with Crippen molar-refractivity contribution in [2.75, 3.05) is 20.1 Å². The Kier molecular flexibility index (Phi) is 3.32. The fourth-order valence-electron chi connectivity index (χ4n) is 3.12. The largest absolute Gasteiger partial charge is 0.396 e. The summed E-state index contributed by atoms with van der Waals surface area (Å²) in [5, 5.41) is 5.62. The van der Waals surface area contributed by atoms with E-state index >= 15 is 0 Å². The monoisotopic (exact) mass is 299 g/mol. The molecule has 1 unspecified atom stereocenters. The van der Waals surface area contributed by atoms with Gasteiger partial charge in [0.05, 0.1) is 11.5 Å². The Morgan fingerprint density at radius 1 is 1.48 bits per heavy atom. The normalized spacial score (nSPS) is 21.3. The summed E-state index contributed by atoms with van der Waals surface area (Å²) in [5.41, 5.74) is 1.68. The molecule has 7 heteroatoms. The molecule has 1 aliphatic heterocycles. The lowest BCUT2D eigenvalue weighted by molar-refractivity contribution is -0.150. The van der Waals surface area contributed by atoms with Gasteiger partial charge in [0.1, 0.15) is 0 Å². The molecule has 4 nitrogen and oxygen atoms in total. The minimum absolute atomic E-state index is 0.110. The second-order valence-corrected chi connectivity index (χ2v) is 5.31. The van der Waals surface area contributed by atoms with E-state index in [-0.39, 0.29) is 17.5 Å². The highest BCUT2D eigenvalue weighted by atomic mass is 19.4. The molecule has 0 spiro atoms. The molecular weight excluding hydrogens is 283 g/mol. The molecule has 1 aromatic heterocycles. The van der Waals surface area contributed by atoms with Crippen LogP contribution in [0.1, 0.15) is 34.0 Å². The van der Waals surface area contributed by atoms with Crippen molar-refractivity contribution in [3.8, 4) is 0 Å². The van der Waals surface area contributed by atoms with Crippen LogP contribution in [-0.2, 0) is 6.54 Å². The number of amides is 1. The summed E-state index contributed by atoms with van der Waals surface area (Å²) in [7, 11) is 1.43. The van der Waals surface area contributed by atoms with Crippen molar-refractivity contribution in [3.63, 3.8) is 0 Å². The number of allylic oxidation sites excluding steroid dienone is 1. The molecule has 1 aliphatic carbocycles. The number of nitrogens with one attached hydrogen (secondary N) is 2. The average Bonchev–Trinajstić information content (AvgIpc) is 2.68. The van der Waals surface area contributed by atoms with Gasteiger partial charge in [-0.2, -0.15) is 13.2 Å². The minimum Gasteiger partial charge on any atom is -0.355 e. The number of carbonyl (C=O) groups is 1. The van der Waals surface area contributed by atoms with Crippen LogP contribution in [0.3, 0.4) is 0 Å². The first kappa shape index (κ1) is 14.2. The highest BCUT2D eigenvalue weighted by molar-refractivity contribution is 5.97. The Morgan fingerprint density at radius 3 is 2.90 bits per heavy atom. The maximum absolute atomic E-state index is 13.3. The lowest BCUT2D eigenvalue weighted by Crippen LogP contribution is -2.28. The topological polar surface area (TPSA) is 46.1 Å². The minimum atomic E-state index is -4.35. The average molecular weight is 299 g/mol. The molecule has 2 aliphatic rings. The van der Waals surface area contributed by atoms with Gasteiger partial charge in [0.2, 0.25) is 0 Å². The molecule has 1 amide bonds. The number of aromatic nitrogens is 1. The quantitative estimate of drug-likeness (QED) is 0.832. The molecule has 0 bridgehead atoms. The van der Waals surface area contributed by atoms with Crippen molar-refractivity contribution < 1.29 is 18.0 Å². The second-order valence-electron chi connectivity index (χ2n) is 5.31. The van der Waals surface area contributed by atoms with E-state index in [9.17, 15) is 18.0 Å². The third kappa shape index (κ3) is 2.25. The molecular formula is C14H16F3N3O. The fraction of sp³-hybridized carbons (Fsp3) is 0.500. The van der Waals surface area contributed by atoms with Crippen LogP contribution in [0.5, 0.6) is 0 Å². The summed E-state index contributed by atoms with van der Waals surface area (Å²) in [6.07, 6.45) is -1.27. The van der Waals surface area contributed by atoms with Crippen molar-refractivity contribution in [1.29, 1.82) is 0 Å². The zero-order chi connectivity index (χ0) is 15.2. The molecule has 0 radical (unpaired) electrons. The molecule has 1 aromatic rings. The third-order valence-corrected chi connectivity index (χ3v) is 4.08. The van der Waals surface area contributed by atoms with Crippen LogP contribution in [0.2, 0.25) is 0 Å². The predicted molar refractivity (Wildman–Crippen MR) is 72.1 cm³/mol. The highest BCUT2D eigenvalue weighted by Gasteiger charge is 2.46. The maximum Gasteiger partial charge on any atom is 0.396 e. The lowest BCUT2D eigenvalue weighted by Gasteiger charge is -2.26. The van der Waals surface area contributed by atoms with Crippen LogP contribution in [0.25, 0.3) is 5.57 Å². The van der Waals surface area contributed by atoms with Crippen molar-refractivity contribution in [3.05, 3.63) is 29.1 Å². The van der Waals surface area contributed by atoms with E-state index in [1.54, 1.807) is 16.8 Å². The summed E-state index contributed by atoms with van der Waals surface area (Å²) in [6.45, 7) is 1.76. The second kappa shape index (κ2) is 4.91. The summed E-state index contributed by atoms with van der Waals surface area (Å²) in [6, 6.07) is 0. The zero-order valence-electron chi connectivity index (χ0n) is 11.5. The number of nitrogens with zero attached hydrogens (tertiary/aromatic N) is 1. The SMILES string of the molecule is CNC(=O)c1cn2c3c1C(C(F)(F)F)CC=C3CNCC2. The van der Waals surface area contributed by atoms with Gasteiger partial charge in [-0.3, -0.25) is 4.79 Å². The van der Waals surface area contributed by atoms with E-state index in [1.807, 2.05) is 0 Å². The van der Waals surface area contributed by atoms with Crippen LogP contribution in [0.4, 0.5) is 13.2 Å². The fourth-order valence-corrected chi connectivity index (χ4v) is 3.12. The standard InChI is InChI=1S/C14H16F3N3O/c1-18-13(21)9-7-20-5-4-19-6-8-2-3-10(14(15,16)17)11(9)12(8)20/h2,7,10,19H,3-6H2,1H3,(H,18,21). The summed E-state index contributed by atoms with van der Waals surface area (Å²) in [5.74, 6) is -2.07. The molecule has 0 fully saturated rings. The summed E-state index contributed by atoms with van der Waals surface area (Å²) < 4.78 is 41.8. The van der Waals surface area contributed by atoms with E-state index in [2.05, 4.69) is 10.6 Å². The van der Waals surface area contributed by atoms with Crippen molar-refractivity contribution in [1.82, 2.24) is 15.2 Å². The molecule has 0 saturated heterocycles. The van der Waals surface area contributed by atoms with Crippen LogP contribution in [-0.4, -0.2) is 36.8 Å². The molecule has 114 valence electrons. The third-order valence-electron chi connectivity index (χ3n) is 4.08. The van der Waals surface area contributed by atoms with Gasteiger partial charge in [-0.1, -0.05) is 6.08 Å². The van der Waals surface area contributed by atoms with E-state index in [1.165, 1.54) is 7.05 Å². The Hall–Kier alpha value is -1.76. The Morgan fingerprint density at radius 2 is 2.24 bits per heavy atom. The van der Waals surface area contributed by atoms with Crippen molar-refractivity contribution in [2.24, 2.45) is 0 Å². The van der Waals surface area contributed by atoms with Gasteiger partial charge in [-0.25, -0.2) is 0 Å². The number of halogens is 3. The first-order valence-corrected chi connectivity index (χ1v) is 6.85. The van der Waals surface area contributed by atoms with Crippen molar-refractivity contribution in [2.45, 2.75) is 25.1 Å². The number of carbonyl (C=O) groups excluding carboxylic acids is 1. The number of hydrogen-bond donors (Lipinski definition) is 2. The molecule has 2 N–H and O–H groups in total. The summed E-state index contributed by atoms with van der Waals surface area (Å²) >= 11 is 0. The molecule has 21 heavy (non-hydrogen) atoms. The number of alkyl halides is 3. The highest BCUT2D eigenvalue weighted by Crippen LogP contribution is 2.46. The number of rotatable bonds is 1. The maximum atomic E-state index is 13.3. The van der Waals surface area contributed by atoms with Crippen molar-refractivity contribution >= 4 is 11.5 Å². The van der Waals surface area contributed by atoms with Gasteiger partial charge in [-0.05, 0) is 12.0 Å². The van der Waals surface area contributed by atoms with E-state index < -0.39 is 18.0 Å². The van der Waals surface area contributed by atoms with E-state index in [0.29, 0.717) is 25.3 Å². The smallest absolute Gasteiger partial charge is 0.355 e. The molecule has 2 heterocycles. The van der Waals surface area contributed by atoms with Crippen LogP contribution < -0.4 is 10.6 Å². The summed E-state index contributed by atoms with van der Waals surface area (Å²) in [4.78, 5) is 12.0. The first-order chi connectivity index (χ1) is 9.93. The zero-order valence-corrected chi connectivity index (χ0v) is 11.5.